The molecule has 0 aliphatic carbocycles. The first-order chi connectivity index (χ1) is 22.5. The van der Waals surface area contributed by atoms with Crippen molar-refractivity contribution >= 4 is 71.0 Å². The number of aryl methyl sites for hydroxylation is 3. The third-order valence-electron chi connectivity index (χ3n) is 7.15. The van der Waals surface area contributed by atoms with Gasteiger partial charge in [0.1, 0.15) is 21.2 Å². The number of carbonyl (C=O) groups is 1. The topological polar surface area (TPSA) is 234 Å². The smallest absolute Gasteiger partial charge is 0.505 e. The average Bonchev–Trinajstić information content (AvgIpc) is 3.00. The molecule has 0 aromatic heterocycles. The molecule has 0 unspecified atom stereocenters. The van der Waals surface area contributed by atoms with Crippen LogP contribution in [-0.2, 0) is 20.2 Å². The number of nitrogens with zero attached hydrogens (tertiary/aromatic N) is 4. The van der Waals surface area contributed by atoms with Gasteiger partial charge >= 0.3 is 29.6 Å². The number of amides is 1. The van der Waals surface area contributed by atoms with Gasteiger partial charge in [0.2, 0.25) is 0 Å². The molecule has 5 aromatic rings. The third kappa shape index (κ3) is 8.55. The Morgan fingerprint density at radius 1 is 0.714 bits per heavy atom. The molecule has 246 valence electrons. The van der Waals surface area contributed by atoms with E-state index in [0.717, 1.165) is 12.1 Å². The number of carbonyl (C=O) groups excluding carboxylic acids is 1. The molecule has 0 fully saturated rings. The Labute approximate surface area is 303 Å². The maximum atomic E-state index is 12.5. The van der Waals surface area contributed by atoms with E-state index in [0.29, 0.717) is 39.3 Å². The molecule has 0 bridgehead atoms. The average molecular weight is 712 g/mol. The van der Waals surface area contributed by atoms with Crippen molar-refractivity contribution in [2.45, 2.75) is 30.6 Å². The van der Waals surface area contributed by atoms with Crippen LogP contribution in [0.5, 0.6) is 5.75 Å². The maximum absolute atomic E-state index is 12.5. The Morgan fingerprint density at radius 3 is 1.98 bits per heavy atom. The first kappa shape index (κ1) is 37.3. The summed E-state index contributed by atoms with van der Waals surface area (Å²) in [5.41, 5.74) is 8.49. The SMILES string of the molecule is Cc1cc(C)c(N=Nc2c(S(=O)(=O)O)cc3cc(N=Nc4ccc(NC(=O)c5ccc(N)cc5)cc4C)ccc3c2O)c(S(=O)(=O)O)c1.[Na+]. The Hall–Kier alpha value is -4.55. The van der Waals surface area contributed by atoms with Crippen LogP contribution in [0, 0.1) is 20.8 Å². The number of anilines is 2. The van der Waals surface area contributed by atoms with Crippen LogP contribution < -0.4 is 40.6 Å². The monoisotopic (exact) mass is 711 g/mol. The number of hydrogen-bond acceptors (Lipinski definition) is 11. The molecule has 0 aliphatic rings. The van der Waals surface area contributed by atoms with Crippen molar-refractivity contribution in [1.29, 1.82) is 0 Å². The van der Waals surface area contributed by atoms with Gasteiger partial charge in [0.15, 0.2) is 5.75 Å². The predicted molar refractivity (Wildman–Crippen MR) is 179 cm³/mol. The number of nitrogens with one attached hydrogen (secondary N) is 1. The van der Waals surface area contributed by atoms with Crippen molar-refractivity contribution in [3.05, 3.63) is 101 Å². The Bertz CT molecular complexity index is 2400. The largest absolute Gasteiger partial charge is 1.00 e. The summed E-state index contributed by atoms with van der Waals surface area (Å²) in [4.78, 5) is 11.2. The van der Waals surface area contributed by atoms with E-state index < -0.39 is 41.5 Å². The van der Waals surface area contributed by atoms with Crippen LogP contribution in [-0.4, -0.2) is 37.0 Å². The molecule has 0 atom stereocenters. The summed E-state index contributed by atoms with van der Waals surface area (Å²) in [6, 6.07) is 19.6. The van der Waals surface area contributed by atoms with Crippen molar-refractivity contribution < 1.29 is 65.4 Å². The molecule has 0 saturated carbocycles. The molecule has 6 N–H and O–H groups in total. The van der Waals surface area contributed by atoms with Gasteiger partial charge in [-0.3, -0.25) is 13.9 Å². The maximum Gasteiger partial charge on any atom is 1.00 e. The number of rotatable bonds is 8. The van der Waals surface area contributed by atoms with E-state index in [1.807, 2.05) is 0 Å². The third-order valence-corrected chi connectivity index (χ3v) is 8.88. The van der Waals surface area contributed by atoms with E-state index in [1.54, 1.807) is 62.4 Å². The van der Waals surface area contributed by atoms with Gasteiger partial charge < -0.3 is 16.2 Å². The summed E-state index contributed by atoms with van der Waals surface area (Å²) < 4.78 is 68.3. The van der Waals surface area contributed by atoms with E-state index in [1.165, 1.54) is 25.1 Å². The number of benzene rings is 5. The van der Waals surface area contributed by atoms with Gasteiger partial charge in [-0.15, -0.1) is 10.2 Å². The van der Waals surface area contributed by atoms with Crippen LogP contribution in [0.25, 0.3) is 10.8 Å². The zero-order chi connectivity index (χ0) is 35.0. The number of aromatic hydroxyl groups is 1. The van der Waals surface area contributed by atoms with Crippen LogP contribution in [0.3, 0.4) is 0 Å². The zero-order valence-corrected chi connectivity index (χ0v) is 30.2. The summed E-state index contributed by atoms with van der Waals surface area (Å²) in [6.45, 7) is 4.88. The summed E-state index contributed by atoms with van der Waals surface area (Å²) in [7, 11) is -9.73. The van der Waals surface area contributed by atoms with Gasteiger partial charge in [0.05, 0.1) is 11.4 Å². The normalized spacial score (nSPS) is 12.0. The molecule has 17 heteroatoms. The quantitative estimate of drug-likeness (QED) is 0.0652. The predicted octanol–water partition coefficient (Wildman–Crippen LogP) is 4.63. The van der Waals surface area contributed by atoms with Gasteiger partial charge in [-0.1, -0.05) is 6.07 Å². The van der Waals surface area contributed by atoms with E-state index in [4.69, 9.17) is 5.73 Å². The molecule has 5 rings (SSSR count). The summed E-state index contributed by atoms with van der Waals surface area (Å²) in [6.07, 6.45) is 0. The second kappa shape index (κ2) is 14.5. The number of nitrogen functional groups attached to an aromatic ring is 1. The van der Waals surface area contributed by atoms with E-state index in [-0.39, 0.29) is 57.6 Å². The van der Waals surface area contributed by atoms with Crippen molar-refractivity contribution in [2.24, 2.45) is 20.5 Å². The first-order valence-corrected chi connectivity index (χ1v) is 16.9. The Morgan fingerprint density at radius 2 is 1.35 bits per heavy atom. The van der Waals surface area contributed by atoms with E-state index in [2.05, 4.69) is 25.8 Å². The number of phenolic OH excluding ortho intramolecular Hbond substituents is 1. The van der Waals surface area contributed by atoms with E-state index in [9.17, 15) is 35.8 Å². The minimum atomic E-state index is -4.98. The van der Waals surface area contributed by atoms with Gasteiger partial charge in [-0.25, -0.2) is 0 Å². The van der Waals surface area contributed by atoms with Crippen molar-refractivity contribution in [3.63, 3.8) is 0 Å². The molecule has 0 radical (unpaired) electrons. The van der Waals surface area contributed by atoms with E-state index >= 15 is 0 Å². The molecular formula is C32H28N6NaO8S2+. The fourth-order valence-corrected chi connectivity index (χ4v) is 6.27. The van der Waals surface area contributed by atoms with Crippen LogP contribution in [0.4, 0.5) is 34.1 Å². The Balaban J connectivity index is 0.00000541. The molecule has 5 aromatic carbocycles. The van der Waals surface area contributed by atoms with Gasteiger partial charge in [0.25, 0.3) is 26.1 Å². The number of hydrogen-bond donors (Lipinski definition) is 5. The van der Waals surface area contributed by atoms with Crippen LogP contribution in [0.1, 0.15) is 27.0 Å². The Kier molecular flexibility index (Phi) is 11.0. The fraction of sp³-hybridized carbons (Fsp3) is 0.0938. The molecule has 49 heavy (non-hydrogen) atoms. The molecule has 0 saturated heterocycles. The second-order valence-corrected chi connectivity index (χ2v) is 13.6. The summed E-state index contributed by atoms with van der Waals surface area (Å²) >= 11 is 0. The number of azo groups is 2. The molecule has 0 spiro atoms. The minimum Gasteiger partial charge on any atom is -0.505 e. The first-order valence-electron chi connectivity index (χ1n) is 14.0. The standard InChI is InChI=1S/C32H28N6O8S2.Na/c1-17-12-19(3)29(27(13-17)47(41,42)43)37-38-30-28(48(44,45)46)16-21-15-24(8-10-25(21)31(30)39)35-36-26-11-9-23(14-18(26)2)34-32(40)20-4-6-22(33)7-5-20;/h4-16,39H,33H2,1-3H3,(H,34,40)(H,41,42,43)(H,44,45,46);/q;+1. The van der Waals surface area contributed by atoms with Crippen LogP contribution in [0.15, 0.2) is 109 Å². The number of phenols is 1. The van der Waals surface area contributed by atoms with Crippen molar-refractivity contribution in [2.75, 3.05) is 11.1 Å². The van der Waals surface area contributed by atoms with Crippen LogP contribution >= 0.6 is 0 Å². The molecule has 14 nitrogen and oxygen atoms in total. The molecular weight excluding hydrogens is 684 g/mol. The molecule has 1 amide bonds. The summed E-state index contributed by atoms with van der Waals surface area (Å²) in [5, 5.41) is 30.2. The molecule has 0 heterocycles. The fourth-order valence-electron chi connectivity index (χ4n) is 4.84. The molecule has 0 aliphatic heterocycles. The van der Waals surface area contributed by atoms with Gasteiger partial charge in [-0.2, -0.15) is 27.1 Å². The van der Waals surface area contributed by atoms with Gasteiger partial charge in [0, 0.05) is 22.3 Å². The van der Waals surface area contributed by atoms with Crippen molar-refractivity contribution in [3.8, 4) is 5.75 Å². The van der Waals surface area contributed by atoms with Crippen molar-refractivity contribution in [1.82, 2.24) is 0 Å². The summed E-state index contributed by atoms with van der Waals surface area (Å²) in [5.74, 6) is -0.983. The number of fused-ring (bicyclic) bond motifs is 1. The van der Waals surface area contributed by atoms with Gasteiger partial charge in [-0.05, 0) is 116 Å². The zero-order valence-electron chi connectivity index (χ0n) is 26.6. The second-order valence-electron chi connectivity index (χ2n) is 10.8. The minimum absolute atomic E-state index is 0. The van der Waals surface area contributed by atoms with Crippen LogP contribution in [0.2, 0.25) is 0 Å². The number of nitrogens with two attached hydrogens (primary N) is 1.